The third-order valence-electron chi connectivity index (χ3n) is 3.52. The molecule has 4 rings (SSSR count). The van der Waals surface area contributed by atoms with Crippen molar-refractivity contribution in [3.8, 4) is 5.88 Å². The lowest BCUT2D eigenvalue weighted by atomic mass is 10.2. The van der Waals surface area contributed by atoms with Gasteiger partial charge < -0.3 is 9.63 Å². The van der Waals surface area contributed by atoms with E-state index in [9.17, 15) is 9.90 Å². The van der Waals surface area contributed by atoms with Gasteiger partial charge in [-0.3, -0.25) is 4.79 Å². The van der Waals surface area contributed by atoms with Crippen molar-refractivity contribution in [1.82, 2.24) is 14.7 Å². The maximum Gasteiger partial charge on any atom is 0.286 e. The van der Waals surface area contributed by atoms with Crippen LogP contribution in [0.1, 0.15) is 21.1 Å². The zero-order chi connectivity index (χ0) is 16.7. The Kier molecular flexibility index (Phi) is 3.55. The van der Waals surface area contributed by atoms with Gasteiger partial charge in [0.15, 0.2) is 4.47 Å². The largest absolute Gasteiger partial charge is 0.839 e. The number of thiazole rings is 1. The smallest absolute Gasteiger partial charge is 0.286 e. The van der Waals surface area contributed by atoms with E-state index in [4.69, 9.17) is 16.1 Å². The normalized spacial score (nSPS) is 11.2. The molecule has 0 aliphatic rings. The van der Waals surface area contributed by atoms with Gasteiger partial charge >= 0.3 is 0 Å². The van der Waals surface area contributed by atoms with Crippen LogP contribution in [0, 0.1) is 0 Å². The molecule has 0 saturated heterocycles. The van der Waals surface area contributed by atoms with Gasteiger partial charge in [-0.15, -0.1) is 11.3 Å². The van der Waals surface area contributed by atoms with Gasteiger partial charge in [-0.2, -0.15) is 0 Å². The molecule has 0 N–H and O–H groups in total. The van der Waals surface area contributed by atoms with Gasteiger partial charge in [-0.1, -0.05) is 22.8 Å². The van der Waals surface area contributed by atoms with E-state index in [1.165, 1.54) is 28.0 Å². The van der Waals surface area contributed by atoms with E-state index in [-0.39, 0.29) is 11.5 Å². The quantitative estimate of drug-likeness (QED) is 0.408. The average molecular weight is 361 g/mol. The summed E-state index contributed by atoms with van der Waals surface area (Å²) in [6.45, 7) is 0.301. The minimum Gasteiger partial charge on any atom is -0.839 e. The summed E-state index contributed by atoms with van der Waals surface area (Å²) >= 11 is 7.17. The van der Waals surface area contributed by atoms with Crippen LogP contribution >= 0.6 is 22.9 Å². The van der Waals surface area contributed by atoms with Crippen molar-refractivity contribution in [2.45, 2.75) is 6.54 Å². The van der Waals surface area contributed by atoms with Crippen LogP contribution in [-0.4, -0.2) is 20.5 Å². The molecule has 4 aromatic rings. The molecular formula is C15H9ClN4O3S. The molecule has 4 aromatic heterocycles. The third-order valence-corrected chi connectivity index (χ3v) is 4.62. The molecule has 120 valence electrons. The Balaban J connectivity index is 1.92. The molecule has 7 nitrogen and oxygen atoms in total. The van der Waals surface area contributed by atoms with E-state index in [1.807, 2.05) is 0 Å². The van der Waals surface area contributed by atoms with Gasteiger partial charge in [0, 0.05) is 18.3 Å². The van der Waals surface area contributed by atoms with Crippen LogP contribution in [-0.2, 0) is 6.54 Å². The topological polar surface area (TPSA) is 88.1 Å². The maximum absolute atomic E-state index is 12.7. The highest BCUT2D eigenvalue weighted by atomic mass is 35.5. The minimum absolute atomic E-state index is 0.00229. The summed E-state index contributed by atoms with van der Waals surface area (Å²) in [7, 11) is 0. The number of rotatable bonds is 4. The number of halogens is 1. The molecule has 0 amide bonds. The van der Waals surface area contributed by atoms with Crippen molar-refractivity contribution in [3.63, 3.8) is 0 Å². The van der Waals surface area contributed by atoms with Crippen molar-refractivity contribution in [3.05, 3.63) is 63.7 Å². The summed E-state index contributed by atoms with van der Waals surface area (Å²) in [6, 6.07) is 6.72. The van der Waals surface area contributed by atoms with E-state index < -0.39 is 11.7 Å². The molecule has 0 unspecified atom stereocenters. The highest BCUT2D eigenvalue weighted by Gasteiger charge is 2.29. The molecule has 0 fully saturated rings. The zero-order valence-electron chi connectivity index (χ0n) is 12.0. The predicted molar refractivity (Wildman–Crippen MR) is 83.2 cm³/mol. The lowest BCUT2D eigenvalue weighted by molar-refractivity contribution is -0.582. The van der Waals surface area contributed by atoms with Gasteiger partial charge in [-0.05, 0) is 6.07 Å². The molecule has 0 aliphatic carbocycles. The number of hydrogen-bond donors (Lipinski definition) is 0. The molecule has 0 saturated carbocycles. The van der Waals surface area contributed by atoms with Crippen LogP contribution < -0.4 is 9.51 Å². The average Bonchev–Trinajstić information content (AvgIpc) is 3.30. The summed E-state index contributed by atoms with van der Waals surface area (Å²) in [5.74, 6) is -0.918. The Morgan fingerprint density at radius 3 is 3.00 bits per heavy atom. The fraction of sp³-hybridized carbons (Fsp3) is 0.0667. The van der Waals surface area contributed by atoms with E-state index in [0.29, 0.717) is 16.7 Å². The SMILES string of the molecule is O=C(c1ccno1)c1c([O-])[n+]2ccccc2n1Cc1cnc(Cl)s1. The summed E-state index contributed by atoms with van der Waals surface area (Å²) in [4.78, 5) is 17.5. The molecule has 4 heterocycles. The standard InChI is InChI=1S/C15H9ClN4O3S/c16-15-17-7-9(24-15)8-20-11-3-1-2-6-19(11)14(22)12(20)13(21)10-4-5-18-23-10/h1-7H,8H2. The first-order valence-corrected chi connectivity index (χ1v) is 8.10. The molecule has 0 radical (unpaired) electrons. The van der Waals surface area contributed by atoms with Gasteiger partial charge in [-0.25, -0.2) is 14.0 Å². The molecular weight excluding hydrogens is 352 g/mol. The Hall–Kier alpha value is -2.71. The molecule has 0 spiro atoms. The second-order valence-corrected chi connectivity index (χ2v) is 6.65. The van der Waals surface area contributed by atoms with Gasteiger partial charge in [0.1, 0.15) is 12.4 Å². The fourth-order valence-corrected chi connectivity index (χ4v) is 3.48. The van der Waals surface area contributed by atoms with Gasteiger partial charge in [0.25, 0.3) is 11.4 Å². The van der Waals surface area contributed by atoms with E-state index in [0.717, 1.165) is 4.88 Å². The third kappa shape index (κ3) is 2.36. The van der Waals surface area contributed by atoms with E-state index in [1.54, 1.807) is 35.2 Å². The van der Waals surface area contributed by atoms with Crippen LogP contribution in [0.15, 0.2) is 47.4 Å². The monoisotopic (exact) mass is 360 g/mol. The lowest BCUT2D eigenvalue weighted by Crippen LogP contribution is -2.24. The van der Waals surface area contributed by atoms with Crippen molar-refractivity contribution in [2.75, 3.05) is 0 Å². The number of fused-ring (bicyclic) bond motifs is 1. The van der Waals surface area contributed by atoms with E-state index >= 15 is 0 Å². The lowest BCUT2D eigenvalue weighted by Gasteiger charge is -2.02. The van der Waals surface area contributed by atoms with Crippen molar-refractivity contribution >= 4 is 34.4 Å². The number of carbonyl (C=O) groups excluding carboxylic acids is 1. The highest BCUT2D eigenvalue weighted by molar-refractivity contribution is 7.15. The molecule has 0 aromatic carbocycles. The predicted octanol–water partition coefficient (Wildman–Crippen LogP) is 1.68. The molecule has 0 aliphatic heterocycles. The molecule has 0 bridgehead atoms. The van der Waals surface area contributed by atoms with Gasteiger partial charge in [0.05, 0.1) is 17.3 Å². The first kappa shape index (κ1) is 14.9. The Labute approximate surface area is 144 Å². The Morgan fingerprint density at radius 2 is 2.29 bits per heavy atom. The van der Waals surface area contributed by atoms with Crippen LogP contribution in [0.4, 0.5) is 0 Å². The second-order valence-electron chi connectivity index (χ2n) is 4.95. The first-order chi connectivity index (χ1) is 11.6. The molecule has 9 heteroatoms. The number of aromatic nitrogens is 4. The zero-order valence-corrected chi connectivity index (χ0v) is 13.6. The maximum atomic E-state index is 12.7. The van der Waals surface area contributed by atoms with Crippen LogP contribution in [0.3, 0.4) is 0 Å². The molecule has 0 atom stereocenters. The van der Waals surface area contributed by atoms with E-state index in [2.05, 4.69) is 10.1 Å². The number of carbonyl (C=O) groups is 1. The number of ketones is 1. The van der Waals surface area contributed by atoms with Crippen molar-refractivity contribution < 1.29 is 18.8 Å². The second kappa shape index (κ2) is 5.73. The number of imidazole rings is 1. The first-order valence-electron chi connectivity index (χ1n) is 6.90. The number of pyridine rings is 1. The summed E-state index contributed by atoms with van der Waals surface area (Å²) in [5.41, 5.74) is 0.595. The van der Waals surface area contributed by atoms with Gasteiger partial charge in [0.2, 0.25) is 11.5 Å². The Morgan fingerprint density at radius 1 is 1.42 bits per heavy atom. The summed E-state index contributed by atoms with van der Waals surface area (Å²) < 4.78 is 8.38. The summed E-state index contributed by atoms with van der Waals surface area (Å²) in [5, 5.41) is 16.2. The van der Waals surface area contributed by atoms with Crippen LogP contribution in [0.25, 0.3) is 5.65 Å². The van der Waals surface area contributed by atoms with Crippen LogP contribution in [0.2, 0.25) is 4.47 Å². The van der Waals surface area contributed by atoms with Crippen molar-refractivity contribution in [2.24, 2.45) is 0 Å². The number of hydrogen-bond acceptors (Lipinski definition) is 6. The fourth-order valence-electron chi connectivity index (χ4n) is 2.51. The van der Waals surface area contributed by atoms with Crippen molar-refractivity contribution in [1.29, 1.82) is 0 Å². The summed E-state index contributed by atoms with van der Waals surface area (Å²) in [6.07, 6.45) is 4.60. The molecule has 24 heavy (non-hydrogen) atoms. The number of nitrogens with zero attached hydrogens (tertiary/aromatic N) is 4. The Bertz CT molecular complexity index is 1040. The minimum atomic E-state index is -0.517. The van der Waals surface area contributed by atoms with Crippen LogP contribution in [0.5, 0.6) is 5.88 Å². The highest BCUT2D eigenvalue weighted by Crippen LogP contribution is 2.24.